The number of carbonyl (C=O) groups excluding carboxylic acids is 3. The fraction of sp³-hybridized carbons (Fsp3) is 0.550. The first-order chi connectivity index (χ1) is 15.3. The summed E-state index contributed by atoms with van der Waals surface area (Å²) in [5, 5.41) is 11.4. The number of nitrogens with one attached hydrogen (secondary N) is 1. The number of anilines is 1. The highest BCUT2D eigenvalue weighted by Gasteiger charge is 2.29. The molecule has 11 nitrogen and oxygen atoms in total. The Bertz CT molecular complexity index is 994. The molecule has 0 radical (unpaired) electrons. The van der Waals surface area contributed by atoms with Gasteiger partial charge in [-0.05, 0) is 43.6 Å². The Morgan fingerprint density at radius 2 is 1.84 bits per heavy atom. The van der Waals surface area contributed by atoms with Gasteiger partial charge in [-0.3, -0.25) is 19.0 Å². The molecule has 1 unspecified atom stereocenters. The third kappa shape index (κ3) is 4.95. The number of hydrogen-bond donors (Lipinski definition) is 1. The molecular formula is C20H28BrN7O4. The van der Waals surface area contributed by atoms with E-state index in [9.17, 15) is 14.4 Å². The minimum absolute atomic E-state index is 0.0966. The summed E-state index contributed by atoms with van der Waals surface area (Å²) in [7, 11) is 0. The molecule has 1 N–H and O–H groups in total. The van der Waals surface area contributed by atoms with Crippen LogP contribution in [0.15, 0.2) is 16.9 Å². The van der Waals surface area contributed by atoms with Crippen molar-refractivity contribution in [1.82, 2.24) is 29.4 Å². The van der Waals surface area contributed by atoms with Gasteiger partial charge in [-0.15, -0.1) is 0 Å². The van der Waals surface area contributed by atoms with Crippen LogP contribution in [-0.2, 0) is 16.1 Å². The Kier molecular flexibility index (Phi) is 7.54. The van der Waals surface area contributed by atoms with Crippen LogP contribution in [0.2, 0.25) is 0 Å². The molecular weight excluding hydrogens is 482 g/mol. The second kappa shape index (κ2) is 10.2. The Balaban J connectivity index is 1.65. The van der Waals surface area contributed by atoms with Gasteiger partial charge in [0.15, 0.2) is 0 Å². The van der Waals surface area contributed by atoms with Crippen LogP contribution in [0.4, 0.5) is 10.5 Å². The average molecular weight is 510 g/mol. The Hall–Kier alpha value is -2.89. The van der Waals surface area contributed by atoms with Gasteiger partial charge in [0.25, 0.3) is 5.91 Å². The number of piperazine rings is 1. The van der Waals surface area contributed by atoms with Crippen molar-refractivity contribution in [3.63, 3.8) is 0 Å². The topological polar surface area (TPSA) is 115 Å². The maximum atomic E-state index is 13.0. The number of halogens is 1. The second-order valence-electron chi connectivity index (χ2n) is 7.41. The van der Waals surface area contributed by atoms with Crippen molar-refractivity contribution in [1.29, 1.82) is 0 Å². The van der Waals surface area contributed by atoms with Gasteiger partial charge < -0.3 is 19.9 Å². The molecule has 1 aliphatic rings. The van der Waals surface area contributed by atoms with Crippen molar-refractivity contribution in [2.45, 2.75) is 40.3 Å². The van der Waals surface area contributed by atoms with Crippen LogP contribution in [0.3, 0.4) is 0 Å². The summed E-state index contributed by atoms with van der Waals surface area (Å²) in [5.41, 5.74) is 1.55. The number of rotatable bonds is 6. The van der Waals surface area contributed by atoms with Gasteiger partial charge in [-0.2, -0.15) is 10.2 Å². The number of carbonyl (C=O) groups is 3. The van der Waals surface area contributed by atoms with E-state index in [2.05, 4.69) is 31.4 Å². The van der Waals surface area contributed by atoms with Crippen molar-refractivity contribution in [3.8, 4) is 0 Å². The zero-order valence-electron chi connectivity index (χ0n) is 18.7. The van der Waals surface area contributed by atoms with E-state index in [1.165, 1.54) is 0 Å². The SMILES string of the molecule is CCOC(=O)N1CCN(C(=O)C(C)n2cc(NC(=O)c3c(Br)cnn3CC)c(C)n2)CC1. The fourth-order valence-corrected chi connectivity index (χ4v) is 3.99. The van der Waals surface area contributed by atoms with E-state index in [1.807, 2.05) is 6.92 Å². The Labute approximate surface area is 194 Å². The standard InChI is InChI=1S/C20H28BrN7O4/c1-5-27-17(15(21)11-22-27)18(29)23-16-12-28(24-13(16)3)14(4)19(30)25-7-9-26(10-8-25)20(31)32-6-2/h11-12,14H,5-10H2,1-4H3,(H,23,29). The molecule has 3 rings (SSSR count). The molecule has 3 heterocycles. The number of aryl methyl sites for hydroxylation is 2. The number of nitrogens with zero attached hydrogens (tertiary/aromatic N) is 6. The van der Waals surface area contributed by atoms with E-state index in [0.29, 0.717) is 60.9 Å². The molecule has 0 bridgehead atoms. The Morgan fingerprint density at radius 3 is 2.47 bits per heavy atom. The number of amides is 3. The summed E-state index contributed by atoms with van der Waals surface area (Å²) in [5.74, 6) is -0.409. The minimum atomic E-state index is -0.554. The quantitative estimate of drug-likeness (QED) is 0.638. The summed E-state index contributed by atoms with van der Waals surface area (Å²) in [6, 6.07) is -0.554. The van der Waals surface area contributed by atoms with Gasteiger partial charge in [-0.25, -0.2) is 4.79 Å². The van der Waals surface area contributed by atoms with Crippen molar-refractivity contribution >= 4 is 39.5 Å². The molecule has 0 aromatic carbocycles. The van der Waals surface area contributed by atoms with Crippen LogP contribution in [0.5, 0.6) is 0 Å². The first-order valence-electron chi connectivity index (χ1n) is 10.6. The number of aromatic nitrogens is 4. The monoisotopic (exact) mass is 509 g/mol. The van der Waals surface area contributed by atoms with Crippen LogP contribution >= 0.6 is 15.9 Å². The summed E-state index contributed by atoms with van der Waals surface area (Å²) >= 11 is 3.36. The predicted molar refractivity (Wildman–Crippen MR) is 120 cm³/mol. The molecule has 0 saturated carbocycles. The third-order valence-electron chi connectivity index (χ3n) is 5.35. The molecule has 174 valence electrons. The summed E-state index contributed by atoms with van der Waals surface area (Å²) in [6.07, 6.45) is 2.88. The molecule has 0 aliphatic carbocycles. The maximum Gasteiger partial charge on any atom is 0.409 e. The minimum Gasteiger partial charge on any atom is -0.450 e. The van der Waals surface area contributed by atoms with Gasteiger partial charge in [0.2, 0.25) is 5.91 Å². The second-order valence-corrected chi connectivity index (χ2v) is 8.26. The predicted octanol–water partition coefficient (Wildman–Crippen LogP) is 2.28. The third-order valence-corrected chi connectivity index (χ3v) is 5.93. The van der Waals surface area contributed by atoms with Gasteiger partial charge in [0.1, 0.15) is 11.7 Å². The molecule has 1 atom stereocenters. The van der Waals surface area contributed by atoms with Crippen molar-refractivity contribution in [3.05, 3.63) is 28.3 Å². The normalized spacial score (nSPS) is 14.9. The molecule has 3 amide bonds. The van der Waals surface area contributed by atoms with Crippen LogP contribution in [0.25, 0.3) is 0 Å². The number of ether oxygens (including phenoxy) is 1. The van der Waals surface area contributed by atoms with E-state index in [-0.39, 0.29) is 17.9 Å². The van der Waals surface area contributed by atoms with Crippen LogP contribution in [0.1, 0.15) is 43.0 Å². The van der Waals surface area contributed by atoms with Gasteiger partial charge >= 0.3 is 6.09 Å². The summed E-state index contributed by atoms with van der Waals surface area (Å²) in [6.45, 7) is 9.80. The van der Waals surface area contributed by atoms with Gasteiger partial charge in [0.05, 0.1) is 28.7 Å². The van der Waals surface area contributed by atoms with E-state index in [0.717, 1.165) is 0 Å². The zero-order valence-corrected chi connectivity index (χ0v) is 20.3. The first kappa shape index (κ1) is 23.8. The maximum absolute atomic E-state index is 13.0. The van der Waals surface area contributed by atoms with E-state index in [4.69, 9.17) is 4.74 Å². The van der Waals surface area contributed by atoms with E-state index < -0.39 is 6.04 Å². The Morgan fingerprint density at radius 1 is 1.19 bits per heavy atom. The largest absolute Gasteiger partial charge is 0.450 e. The average Bonchev–Trinajstić information content (AvgIpc) is 3.34. The highest BCUT2D eigenvalue weighted by Crippen LogP contribution is 2.22. The van der Waals surface area contributed by atoms with Crippen LogP contribution in [-0.4, -0.2) is 80.1 Å². The molecule has 32 heavy (non-hydrogen) atoms. The molecule has 1 fully saturated rings. The smallest absolute Gasteiger partial charge is 0.409 e. The van der Waals surface area contributed by atoms with Crippen molar-refractivity contribution in [2.24, 2.45) is 0 Å². The molecule has 12 heteroatoms. The molecule has 2 aromatic rings. The highest BCUT2D eigenvalue weighted by atomic mass is 79.9. The lowest BCUT2D eigenvalue weighted by Gasteiger charge is -2.35. The number of hydrogen-bond acceptors (Lipinski definition) is 6. The molecule has 0 spiro atoms. The lowest BCUT2D eigenvalue weighted by atomic mass is 10.2. The fourth-order valence-electron chi connectivity index (χ4n) is 3.51. The summed E-state index contributed by atoms with van der Waals surface area (Å²) < 4.78 is 8.77. The molecule has 1 aliphatic heterocycles. The molecule has 2 aromatic heterocycles. The van der Waals surface area contributed by atoms with Gasteiger partial charge in [0, 0.05) is 38.9 Å². The lowest BCUT2D eigenvalue weighted by Crippen LogP contribution is -2.52. The zero-order chi connectivity index (χ0) is 23.4. The first-order valence-corrected chi connectivity index (χ1v) is 11.3. The van der Waals surface area contributed by atoms with Crippen molar-refractivity contribution in [2.75, 3.05) is 38.1 Å². The van der Waals surface area contributed by atoms with E-state index >= 15 is 0 Å². The van der Waals surface area contributed by atoms with E-state index in [1.54, 1.807) is 52.3 Å². The van der Waals surface area contributed by atoms with Crippen molar-refractivity contribution < 1.29 is 19.1 Å². The highest BCUT2D eigenvalue weighted by molar-refractivity contribution is 9.10. The summed E-state index contributed by atoms with van der Waals surface area (Å²) in [4.78, 5) is 40.9. The van der Waals surface area contributed by atoms with Crippen LogP contribution in [0, 0.1) is 6.92 Å². The van der Waals surface area contributed by atoms with Crippen LogP contribution < -0.4 is 5.32 Å². The lowest BCUT2D eigenvalue weighted by molar-refractivity contribution is -0.136. The molecule has 1 saturated heterocycles. The van der Waals surface area contributed by atoms with Gasteiger partial charge in [-0.1, -0.05) is 0 Å².